The van der Waals surface area contributed by atoms with E-state index < -0.39 is 0 Å². The molecule has 0 radical (unpaired) electrons. The second-order valence-electron chi connectivity index (χ2n) is 3.65. The highest BCUT2D eigenvalue weighted by atomic mass is 15.3. The average molecular weight is 213 g/mol. The number of hydrazine groups is 1. The van der Waals surface area contributed by atoms with Crippen LogP contribution < -0.4 is 11.3 Å². The van der Waals surface area contributed by atoms with Gasteiger partial charge in [0.25, 0.3) is 0 Å². The number of anilines is 1. The third-order valence-electron chi connectivity index (χ3n) is 2.74. The Hall–Kier alpha value is -2.14. The molecule has 0 unspecified atom stereocenters. The fourth-order valence-corrected chi connectivity index (χ4v) is 1.97. The minimum absolute atomic E-state index is 0.633. The quantitative estimate of drug-likeness (QED) is 0.473. The number of para-hydroxylation sites is 1. The van der Waals surface area contributed by atoms with E-state index in [0.717, 1.165) is 21.9 Å². The van der Waals surface area contributed by atoms with Gasteiger partial charge < -0.3 is 4.57 Å². The number of hydrogen-bond donors (Lipinski definition) is 2. The van der Waals surface area contributed by atoms with Crippen molar-refractivity contribution in [2.75, 3.05) is 5.43 Å². The zero-order chi connectivity index (χ0) is 11.1. The molecule has 3 rings (SSSR count). The number of nitrogens with two attached hydrogens (primary N) is 1. The summed E-state index contributed by atoms with van der Waals surface area (Å²) in [5.41, 5.74) is 5.42. The van der Waals surface area contributed by atoms with E-state index in [4.69, 9.17) is 5.84 Å². The summed E-state index contributed by atoms with van der Waals surface area (Å²) in [4.78, 5) is 8.70. The highest BCUT2D eigenvalue weighted by molar-refractivity contribution is 6.02. The van der Waals surface area contributed by atoms with Crippen LogP contribution in [-0.2, 0) is 7.05 Å². The van der Waals surface area contributed by atoms with Gasteiger partial charge in [0, 0.05) is 12.4 Å². The van der Waals surface area contributed by atoms with Crippen LogP contribution in [0.25, 0.3) is 21.9 Å². The molecule has 3 aromatic rings. The molecular formula is C11H11N5. The van der Waals surface area contributed by atoms with Crippen molar-refractivity contribution in [1.29, 1.82) is 0 Å². The number of imidazole rings is 1. The van der Waals surface area contributed by atoms with E-state index >= 15 is 0 Å². The summed E-state index contributed by atoms with van der Waals surface area (Å²) in [5, 5.41) is 1.08. The Morgan fingerprint density at radius 3 is 2.88 bits per heavy atom. The van der Waals surface area contributed by atoms with Crippen molar-refractivity contribution < 1.29 is 0 Å². The second-order valence-corrected chi connectivity index (χ2v) is 3.65. The summed E-state index contributed by atoms with van der Waals surface area (Å²) >= 11 is 0. The molecule has 3 N–H and O–H groups in total. The van der Waals surface area contributed by atoms with Gasteiger partial charge in [0.15, 0.2) is 0 Å². The van der Waals surface area contributed by atoms with Crippen LogP contribution in [0.3, 0.4) is 0 Å². The lowest BCUT2D eigenvalue weighted by molar-refractivity contribution is 0.945. The molecule has 0 saturated heterocycles. The smallest absolute Gasteiger partial charge is 0.218 e. The minimum atomic E-state index is 0.633. The maximum absolute atomic E-state index is 5.40. The van der Waals surface area contributed by atoms with Crippen LogP contribution >= 0.6 is 0 Å². The third-order valence-corrected chi connectivity index (χ3v) is 2.74. The van der Waals surface area contributed by atoms with E-state index in [1.165, 1.54) is 0 Å². The van der Waals surface area contributed by atoms with E-state index in [1.807, 2.05) is 35.9 Å². The molecule has 0 spiro atoms. The molecule has 5 heteroatoms. The van der Waals surface area contributed by atoms with Crippen LogP contribution in [0.5, 0.6) is 0 Å². The molecule has 5 nitrogen and oxygen atoms in total. The van der Waals surface area contributed by atoms with Gasteiger partial charge in [0.2, 0.25) is 5.95 Å². The monoisotopic (exact) mass is 213 g/mol. The van der Waals surface area contributed by atoms with Gasteiger partial charge in [0.05, 0.1) is 17.2 Å². The Balaban J connectivity index is 2.54. The Kier molecular flexibility index (Phi) is 1.81. The van der Waals surface area contributed by atoms with Crippen molar-refractivity contribution >= 4 is 27.9 Å². The van der Waals surface area contributed by atoms with Crippen molar-refractivity contribution in [3.63, 3.8) is 0 Å². The first-order valence-electron chi connectivity index (χ1n) is 4.98. The first-order valence-corrected chi connectivity index (χ1v) is 4.98. The summed E-state index contributed by atoms with van der Waals surface area (Å²) in [6.45, 7) is 0. The van der Waals surface area contributed by atoms with Crippen LogP contribution in [0.1, 0.15) is 0 Å². The van der Waals surface area contributed by atoms with Crippen molar-refractivity contribution in [3.05, 3.63) is 30.5 Å². The fourth-order valence-electron chi connectivity index (χ4n) is 1.97. The van der Waals surface area contributed by atoms with Crippen LogP contribution in [-0.4, -0.2) is 14.5 Å². The Morgan fingerprint density at radius 2 is 2.06 bits per heavy atom. The molecule has 0 aliphatic heterocycles. The summed E-state index contributed by atoms with van der Waals surface area (Å²) in [6, 6.07) is 7.98. The number of hydrogen-bond acceptors (Lipinski definition) is 4. The molecule has 80 valence electrons. The lowest BCUT2D eigenvalue weighted by Crippen LogP contribution is -2.11. The van der Waals surface area contributed by atoms with Gasteiger partial charge >= 0.3 is 0 Å². The number of rotatable bonds is 1. The summed E-state index contributed by atoms with van der Waals surface area (Å²) < 4.78 is 1.93. The van der Waals surface area contributed by atoms with Crippen molar-refractivity contribution in [2.45, 2.75) is 0 Å². The van der Waals surface area contributed by atoms with Gasteiger partial charge in [-0.3, -0.25) is 10.4 Å². The van der Waals surface area contributed by atoms with Crippen LogP contribution in [0.4, 0.5) is 5.95 Å². The number of nitrogens with one attached hydrogen (secondary N) is 1. The Bertz CT molecular complexity index is 670. The predicted octanol–water partition coefficient (Wildman–Crippen LogP) is 1.41. The topological polar surface area (TPSA) is 68.8 Å². The zero-order valence-corrected chi connectivity index (χ0v) is 8.81. The van der Waals surface area contributed by atoms with E-state index in [1.54, 1.807) is 6.20 Å². The SMILES string of the molecule is Cn1c(NN)nc2cnc3ccccc3c21. The molecule has 2 heterocycles. The van der Waals surface area contributed by atoms with Crippen LogP contribution in [0, 0.1) is 0 Å². The lowest BCUT2D eigenvalue weighted by atomic mass is 10.2. The maximum atomic E-state index is 5.40. The number of nitrogen functional groups attached to an aromatic ring is 1. The van der Waals surface area contributed by atoms with Crippen molar-refractivity contribution in [3.8, 4) is 0 Å². The van der Waals surface area contributed by atoms with Gasteiger partial charge in [-0.15, -0.1) is 0 Å². The molecule has 16 heavy (non-hydrogen) atoms. The third kappa shape index (κ3) is 1.09. The number of nitrogens with zero attached hydrogens (tertiary/aromatic N) is 3. The summed E-state index contributed by atoms with van der Waals surface area (Å²) in [5.74, 6) is 6.04. The molecule has 0 fully saturated rings. The van der Waals surface area contributed by atoms with E-state index in [9.17, 15) is 0 Å². The van der Waals surface area contributed by atoms with Gasteiger partial charge in [-0.1, -0.05) is 18.2 Å². The summed E-state index contributed by atoms with van der Waals surface area (Å²) in [6.07, 6.45) is 1.76. The molecule has 0 saturated carbocycles. The van der Waals surface area contributed by atoms with Crippen molar-refractivity contribution in [2.24, 2.45) is 12.9 Å². The van der Waals surface area contributed by atoms with Crippen LogP contribution in [0.2, 0.25) is 0 Å². The highest BCUT2D eigenvalue weighted by Gasteiger charge is 2.09. The molecule has 1 aromatic carbocycles. The molecule has 2 aromatic heterocycles. The minimum Gasteiger partial charge on any atom is -0.312 e. The number of aryl methyl sites for hydroxylation is 1. The first-order chi connectivity index (χ1) is 7.81. The fraction of sp³-hybridized carbons (Fsp3) is 0.0909. The number of pyridine rings is 1. The molecule has 0 aliphatic rings. The standard InChI is InChI=1S/C11H11N5/c1-16-10-7-4-2-3-5-8(7)13-6-9(10)14-11(16)15-12/h2-6H,12H2,1H3,(H,14,15). The van der Waals surface area contributed by atoms with Gasteiger partial charge in [-0.05, 0) is 6.07 Å². The van der Waals surface area contributed by atoms with Gasteiger partial charge in [0.1, 0.15) is 5.52 Å². The average Bonchev–Trinajstić information content (AvgIpc) is 2.66. The highest BCUT2D eigenvalue weighted by Crippen LogP contribution is 2.24. The van der Waals surface area contributed by atoms with Crippen molar-refractivity contribution in [1.82, 2.24) is 14.5 Å². The second kappa shape index (κ2) is 3.18. The zero-order valence-electron chi connectivity index (χ0n) is 8.81. The Morgan fingerprint density at radius 1 is 1.25 bits per heavy atom. The molecular weight excluding hydrogens is 202 g/mol. The molecule has 0 amide bonds. The summed E-state index contributed by atoms with van der Waals surface area (Å²) in [7, 11) is 1.93. The van der Waals surface area contributed by atoms with E-state index in [-0.39, 0.29) is 0 Å². The number of aromatic nitrogens is 3. The Labute approximate surface area is 91.9 Å². The first kappa shape index (κ1) is 9.11. The number of benzene rings is 1. The number of fused-ring (bicyclic) bond motifs is 3. The predicted molar refractivity (Wildman–Crippen MR) is 63.8 cm³/mol. The van der Waals surface area contributed by atoms with E-state index in [0.29, 0.717) is 5.95 Å². The van der Waals surface area contributed by atoms with Crippen LogP contribution in [0.15, 0.2) is 30.5 Å². The largest absolute Gasteiger partial charge is 0.312 e. The van der Waals surface area contributed by atoms with E-state index in [2.05, 4.69) is 15.4 Å². The lowest BCUT2D eigenvalue weighted by Gasteiger charge is -2.02. The van der Waals surface area contributed by atoms with Gasteiger partial charge in [-0.25, -0.2) is 10.8 Å². The van der Waals surface area contributed by atoms with Gasteiger partial charge in [-0.2, -0.15) is 0 Å². The maximum Gasteiger partial charge on any atom is 0.218 e. The normalized spacial score (nSPS) is 11.1. The molecule has 0 bridgehead atoms. The molecule has 0 atom stereocenters. The molecule has 0 aliphatic carbocycles.